The van der Waals surface area contributed by atoms with E-state index < -0.39 is 5.97 Å². The van der Waals surface area contributed by atoms with E-state index in [2.05, 4.69) is 0 Å². The number of rotatable bonds is 7. The van der Waals surface area contributed by atoms with Crippen molar-refractivity contribution in [1.82, 2.24) is 0 Å². The van der Waals surface area contributed by atoms with Gasteiger partial charge in [-0.1, -0.05) is 12.1 Å². The molecule has 0 aliphatic rings. The van der Waals surface area contributed by atoms with Crippen LogP contribution in [0.4, 0.5) is 0 Å². The van der Waals surface area contributed by atoms with Gasteiger partial charge in [0, 0.05) is 0 Å². The third-order valence-electron chi connectivity index (χ3n) is 3.73. The second-order valence-electron chi connectivity index (χ2n) is 5.39. The average Bonchev–Trinajstić information content (AvgIpc) is 2.60. The summed E-state index contributed by atoms with van der Waals surface area (Å²) in [5, 5.41) is 9.62. The summed E-state index contributed by atoms with van der Waals surface area (Å²) in [6, 6.07) is 10.6. The molecular formula is C20H22O5. The number of methoxy groups -OCH3 is 2. The molecule has 0 heterocycles. The standard InChI is InChI=1S/C20H22O5/c1-5-25-18-8-6-14(12-19(18)24-4)11-16(20(21)22)15-7-9-17(23-3)13(2)10-15/h6-12H,5H2,1-4H3,(H,21,22)/b16-11-. The summed E-state index contributed by atoms with van der Waals surface area (Å²) in [7, 11) is 3.14. The smallest absolute Gasteiger partial charge is 0.336 e. The fourth-order valence-electron chi connectivity index (χ4n) is 2.53. The molecule has 2 aromatic carbocycles. The van der Waals surface area contributed by atoms with Crippen LogP contribution >= 0.6 is 0 Å². The van der Waals surface area contributed by atoms with Crippen LogP contribution in [0.3, 0.4) is 0 Å². The second kappa shape index (κ2) is 8.24. The molecule has 132 valence electrons. The van der Waals surface area contributed by atoms with Gasteiger partial charge in [-0.3, -0.25) is 0 Å². The summed E-state index contributed by atoms with van der Waals surface area (Å²) in [5.74, 6) is 0.902. The van der Waals surface area contributed by atoms with Gasteiger partial charge in [0.15, 0.2) is 11.5 Å². The van der Waals surface area contributed by atoms with Crippen molar-refractivity contribution in [1.29, 1.82) is 0 Å². The molecule has 0 unspecified atom stereocenters. The summed E-state index contributed by atoms with van der Waals surface area (Å²) < 4.78 is 16.0. The molecule has 0 fully saturated rings. The Hall–Kier alpha value is -2.95. The summed E-state index contributed by atoms with van der Waals surface area (Å²) in [5.41, 5.74) is 2.39. The predicted molar refractivity (Wildman–Crippen MR) is 97.4 cm³/mol. The van der Waals surface area contributed by atoms with Crippen molar-refractivity contribution in [2.75, 3.05) is 20.8 Å². The zero-order chi connectivity index (χ0) is 18.4. The van der Waals surface area contributed by atoms with Gasteiger partial charge in [0.05, 0.1) is 26.4 Å². The van der Waals surface area contributed by atoms with E-state index in [9.17, 15) is 9.90 Å². The van der Waals surface area contributed by atoms with E-state index >= 15 is 0 Å². The first-order valence-corrected chi connectivity index (χ1v) is 7.91. The second-order valence-corrected chi connectivity index (χ2v) is 5.39. The average molecular weight is 342 g/mol. The van der Waals surface area contributed by atoms with Crippen LogP contribution in [0.2, 0.25) is 0 Å². The van der Waals surface area contributed by atoms with Crippen LogP contribution in [-0.4, -0.2) is 31.9 Å². The molecule has 0 aliphatic carbocycles. The van der Waals surface area contributed by atoms with Crippen LogP contribution in [0.1, 0.15) is 23.6 Å². The summed E-state index contributed by atoms with van der Waals surface area (Å²) in [4.78, 5) is 11.7. The number of carbonyl (C=O) groups is 1. The van der Waals surface area contributed by atoms with Gasteiger partial charge in [0.25, 0.3) is 0 Å². The van der Waals surface area contributed by atoms with Crippen LogP contribution in [0.5, 0.6) is 17.2 Å². The Morgan fingerprint density at radius 1 is 1.04 bits per heavy atom. The quantitative estimate of drug-likeness (QED) is 0.608. The number of aliphatic carboxylic acids is 1. The first-order valence-electron chi connectivity index (χ1n) is 7.91. The lowest BCUT2D eigenvalue weighted by molar-refractivity contribution is -0.130. The van der Waals surface area contributed by atoms with E-state index in [0.29, 0.717) is 29.2 Å². The Bertz CT molecular complexity index is 793. The number of carboxylic acid groups (broad SMARTS) is 1. The van der Waals surface area contributed by atoms with Gasteiger partial charge in [-0.25, -0.2) is 4.79 Å². The minimum Gasteiger partial charge on any atom is -0.496 e. The fraction of sp³-hybridized carbons (Fsp3) is 0.250. The minimum absolute atomic E-state index is 0.192. The first-order chi connectivity index (χ1) is 12.0. The van der Waals surface area contributed by atoms with Crippen molar-refractivity contribution < 1.29 is 24.1 Å². The molecule has 0 spiro atoms. The molecule has 2 rings (SSSR count). The van der Waals surface area contributed by atoms with Gasteiger partial charge in [-0.05, 0) is 60.9 Å². The highest BCUT2D eigenvalue weighted by atomic mass is 16.5. The van der Waals surface area contributed by atoms with Gasteiger partial charge < -0.3 is 19.3 Å². The van der Waals surface area contributed by atoms with Crippen LogP contribution in [0, 0.1) is 6.92 Å². The Labute approximate surface area is 147 Å². The van der Waals surface area contributed by atoms with Gasteiger partial charge >= 0.3 is 5.97 Å². The van der Waals surface area contributed by atoms with E-state index in [1.54, 1.807) is 56.7 Å². The molecule has 0 aliphatic heterocycles. The van der Waals surface area contributed by atoms with Crippen LogP contribution in [0.15, 0.2) is 36.4 Å². The molecule has 1 N–H and O–H groups in total. The van der Waals surface area contributed by atoms with Crippen LogP contribution in [0.25, 0.3) is 11.6 Å². The van der Waals surface area contributed by atoms with Gasteiger partial charge in [-0.15, -0.1) is 0 Å². The molecular weight excluding hydrogens is 320 g/mol. The van der Waals surface area contributed by atoms with Gasteiger partial charge in [0.2, 0.25) is 0 Å². The monoisotopic (exact) mass is 342 g/mol. The molecule has 0 aromatic heterocycles. The Kier molecular flexibility index (Phi) is 6.06. The number of ether oxygens (including phenoxy) is 3. The number of hydrogen-bond donors (Lipinski definition) is 1. The fourth-order valence-corrected chi connectivity index (χ4v) is 2.53. The van der Waals surface area contributed by atoms with Gasteiger partial charge in [0.1, 0.15) is 5.75 Å². The largest absolute Gasteiger partial charge is 0.496 e. The summed E-state index contributed by atoms with van der Waals surface area (Å²) >= 11 is 0. The molecule has 0 atom stereocenters. The topological polar surface area (TPSA) is 65.0 Å². The lowest BCUT2D eigenvalue weighted by Crippen LogP contribution is -2.01. The van der Waals surface area contributed by atoms with Gasteiger partial charge in [-0.2, -0.15) is 0 Å². The highest BCUT2D eigenvalue weighted by Gasteiger charge is 2.13. The third-order valence-corrected chi connectivity index (χ3v) is 3.73. The van der Waals surface area contributed by atoms with E-state index in [1.807, 2.05) is 13.8 Å². The summed E-state index contributed by atoms with van der Waals surface area (Å²) in [6.45, 7) is 4.29. The number of hydrogen-bond acceptors (Lipinski definition) is 4. The normalized spacial score (nSPS) is 11.1. The number of aryl methyl sites for hydroxylation is 1. The maximum Gasteiger partial charge on any atom is 0.336 e. The molecule has 5 nitrogen and oxygen atoms in total. The molecule has 2 aromatic rings. The van der Waals surface area contributed by atoms with Crippen molar-refractivity contribution in [2.24, 2.45) is 0 Å². The molecule has 5 heteroatoms. The van der Waals surface area contributed by atoms with Crippen molar-refractivity contribution >= 4 is 17.6 Å². The zero-order valence-corrected chi connectivity index (χ0v) is 14.8. The van der Waals surface area contributed by atoms with Crippen LogP contribution in [-0.2, 0) is 4.79 Å². The first kappa shape index (κ1) is 18.4. The molecule has 0 saturated carbocycles. The number of carboxylic acids is 1. The molecule has 0 saturated heterocycles. The highest BCUT2D eigenvalue weighted by Crippen LogP contribution is 2.30. The van der Waals surface area contributed by atoms with E-state index in [4.69, 9.17) is 14.2 Å². The van der Waals surface area contributed by atoms with Crippen molar-refractivity contribution in [3.8, 4) is 17.2 Å². The lowest BCUT2D eigenvalue weighted by Gasteiger charge is -2.11. The Morgan fingerprint density at radius 2 is 1.72 bits per heavy atom. The minimum atomic E-state index is -1.00. The highest BCUT2D eigenvalue weighted by molar-refractivity contribution is 6.20. The predicted octanol–water partition coefficient (Wildman–Crippen LogP) is 4.04. The van der Waals surface area contributed by atoms with E-state index in [0.717, 1.165) is 11.3 Å². The Morgan fingerprint density at radius 3 is 2.28 bits per heavy atom. The van der Waals surface area contributed by atoms with Crippen molar-refractivity contribution in [3.63, 3.8) is 0 Å². The summed E-state index contributed by atoms with van der Waals surface area (Å²) in [6.07, 6.45) is 1.61. The Balaban J connectivity index is 2.47. The zero-order valence-electron chi connectivity index (χ0n) is 14.8. The lowest BCUT2D eigenvalue weighted by atomic mass is 10.0. The SMILES string of the molecule is CCOc1ccc(/C=C(\C(=O)O)c2ccc(OC)c(C)c2)cc1OC. The molecule has 0 amide bonds. The molecule has 25 heavy (non-hydrogen) atoms. The number of benzene rings is 2. The van der Waals surface area contributed by atoms with Crippen molar-refractivity contribution in [3.05, 3.63) is 53.1 Å². The third kappa shape index (κ3) is 4.32. The van der Waals surface area contributed by atoms with Crippen molar-refractivity contribution in [2.45, 2.75) is 13.8 Å². The molecule has 0 radical (unpaired) electrons. The maximum absolute atomic E-state index is 11.7. The maximum atomic E-state index is 11.7. The van der Waals surface area contributed by atoms with E-state index in [1.165, 1.54) is 0 Å². The molecule has 0 bridgehead atoms. The van der Waals surface area contributed by atoms with E-state index in [-0.39, 0.29) is 5.57 Å². The van der Waals surface area contributed by atoms with Crippen LogP contribution < -0.4 is 14.2 Å².